The lowest BCUT2D eigenvalue weighted by molar-refractivity contribution is -0.110. The number of pyridine rings is 1. The van der Waals surface area contributed by atoms with Crippen molar-refractivity contribution in [3.8, 4) is 11.1 Å². The van der Waals surface area contributed by atoms with Gasteiger partial charge in [-0.15, -0.1) is 0 Å². The third-order valence-electron chi connectivity index (χ3n) is 2.85. The van der Waals surface area contributed by atoms with Crippen molar-refractivity contribution in [3.05, 3.63) is 54.1 Å². The number of nitrogens with zero attached hydrogens (tertiary/aromatic N) is 1. The standard InChI is InChI=1S/C14H13FN2O2/c15-13-7-16-6-5-12(13)10-1-3-11(4-2-10)14(8-18)17-9-19/h1-7,9,14,18H,8H2,(H,17,19)/t14-/m0/s1. The van der Waals surface area contributed by atoms with E-state index in [1.807, 2.05) is 0 Å². The molecule has 0 fully saturated rings. The number of aliphatic hydroxyl groups excluding tert-OH is 1. The SMILES string of the molecule is O=CN[C@@H](CO)c1ccc(-c2ccncc2F)cc1. The van der Waals surface area contributed by atoms with Crippen LogP contribution in [0.15, 0.2) is 42.7 Å². The summed E-state index contributed by atoms with van der Waals surface area (Å²) in [6, 6.07) is 8.11. The number of hydrogen-bond acceptors (Lipinski definition) is 3. The van der Waals surface area contributed by atoms with E-state index in [0.717, 1.165) is 11.8 Å². The molecule has 5 heteroatoms. The summed E-state index contributed by atoms with van der Waals surface area (Å²) < 4.78 is 13.6. The Kier molecular flexibility index (Phi) is 4.20. The molecular formula is C14H13FN2O2. The topological polar surface area (TPSA) is 62.2 Å². The van der Waals surface area contributed by atoms with Crippen LogP contribution in [0, 0.1) is 5.82 Å². The molecule has 98 valence electrons. The molecule has 0 aliphatic rings. The van der Waals surface area contributed by atoms with Gasteiger partial charge >= 0.3 is 0 Å². The van der Waals surface area contributed by atoms with E-state index < -0.39 is 6.04 Å². The molecule has 0 aliphatic carbocycles. The number of carbonyl (C=O) groups is 1. The van der Waals surface area contributed by atoms with Gasteiger partial charge in [0.15, 0.2) is 0 Å². The van der Waals surface area contributed by atoms with E-state index in [1.165, 1.54) is 6.20 Å². The van der Waals surface area contributed by atoms with Crippen LogP contribution in [0.4, 0.5) is 4.39 Å². The van der Waals surface area contributed by atoms with Crippen LogP contribution in [0.2, 0.25) is 0 Å². The molecule has 1 heterocycles. The van der Waals surface area contributed by atoms with Crippen molar-refractivity contribution in [1.29, 1.82) is 0 Å². The quantitative estimate of drug-likeness (QED) is 0.804. The molecule has 0 aliphatic heterocycles. The Balaban J connectivity index is 2.28. The lowest BCUT2D eigenvalue weighted by Gasteiger charge is -2.14. The van der Waals surface area contributed by atoms with Gasteiger partial charge < -0.3 is 10.4 Å². The van der Waals surface area contributed by atoms with Gasteiger partial charge in [0.05, 0.1) is 18.8 Å². The molecule has 0 unspecified atom stereocenters. The number of nitrogens with one attached hydrogen (secondary N) is 1. The van der Waals surface area contributed by atoms with Crippen LogP contribution in [0.5, 0.6) is 0 Å². The van der Waals surface area contributed by atoms with Gasteiger partial charge in [0.1, 0.15) is 5.82 Å². The first-order valence-electron chi connectivity index (χ1n) is 5.76. The number of amides is 1. The molecule has 19 heavy (non-hydrogen) atoms. The van der Waals surface area contributed by atoms with E-state index in [-0.39, 0.29) is 12.4 Å². The summed E-state index contributed by atoms with van der Waals surface area (Å²) in [7, 11) is 0. The van der Waals surface area contributed by atoms with Gasteiger partial charge in [0.25, 0.3) is 0 Å². The minimum Gasteiger partial charge on any atom is -0.394 e. The molecule has 1 aromatic carbocycles. The molecule has 1 amide bonds. The van der Waals surface area contributed by atoms with E-state index in [0.29, 0.717) is 17.5 Å². The predicted octanol–water partition coefficient (Wildman–Crippen LogP) is 1.67. The maximum absolute atomic E-state index is 13.6. The van der Waals surface area contributed by atoms with Crippen LogP contribution >= 0.6 is 0 Å². The first-order valence-corrected chi connectivity index (χ1v) is 5.76. The summed E-state index contributed by atoms with van der Waals surface area (Å²) in [5.41, 5.74) is 1.93. The fraction of sp³-hybridized carbons (Fsp3) is 0.143. The largest absolute Gasteiger partial charge is 0.394 e. The molecule has 4 nitrogen and oxygen atoms in total. The summed E-state index contributed by atoms with van der Waals surface area (Å²) in [4.78, 5) is 14.1. The molecule has 0 bridgehead atoms. The van der Waals surface area contributed by atoms with Gasteiger partial charge in [-0.25, -0.2) is 4.39 Å². The highest BCUT2D eigenvalue weighted by atomic mass is 19.1. The predicted molar refractivity (Wildman–Crippen MR) is 68.7 cm³/mol. The van der Waals surface area contributed by atoms with Crippen LogP contribution in [0.3, 0.4) is 0 Å². The number of carbonyl (C=O) groups excluding carboxylic acids is 1. The summed E-state index contributed by atoms with van der Waals surface area (Å²) in [6.45, 7) is -0.193. The summed E-state index contributed by atoms with van der Waals surface area (Å²) in [6.07, 6.45) is 3.22. The van der Waals surface area contributed by atoms with Crippen molar-refractivity contribution in [2.24, 2.45) is 0 Å². The number of hydrogen-bond donors (Lipinski definition) is 2. The van der Waals surface area contributed by atoms with Gasteiger partial charge in [-0.05, 0) is 17.2 Å². The minimum absolute atomic E-state index is 0.193. The summed E-state index contributed by atoms with van der Waals surface area (Å²) in [5.74, 6) is -0.389. The summed E-state index contributed by atoms with van der Waals surface area (Å²) in [5, 5.41) is 11.7. The number of rotatable bonds is 5. The number of halogens is 1. The maximum Gasteiger partial charge on any atom is 0.207 e. The van der Waals surface area contributed by atoms with Gasteiger partial charge in [0, 0.05) is 11.8 Å². The lowest BCUT2D eigenvalue weighted by atomic mass is 10.0. The molecular weight excluding hydrogens is 247 g/mol. The Hall–Kier alpha value is -2.27. The smallest absolute Gasteiger partial charge is 0.207 e. The molecule has 2 N–H and O–H groups in total. The average molecular weight is 260 g/mol. The molecule has 0 saturated carbocycles. The zero-order chi connectivity index (χ0) is 13.7. The van der Waals surface area contributed by atoms with E-state index in [1.54, 1.807) is 30.3 Å². The second kappa shape index (κ2) is 6.06. The highest BCUT2D eigenvalue weighted by Gasteiger charge is 2.10. The molecule has 2 aromatic rings. The normalized spacial score (nSPS) is 11.9. The Morgan fingerprint density at radius 2 is 2.05 bits per heavy atom. The third-order valence-corrected chi connectivity index (χ3v) is 2.85. The maximum atomic E-state index is 13.6. The molecule has 1 atom stereocenters. The Labute approximate surface area is 109 Å². The Bertz CT molecular complexity index is 558. The van der Waals surface area contributed by atoms with Crippen molar-refractivity contribution in [2.45, 2.75) is 6.04 Å². The molecule has 0 radical (unpaired) electrons. The fourth-order valence-electron chi connectivity index (χ4n) is 1.84. The van der Waals surface area contributed by atoms with Crippen LogP contribution < -0.4 is 5.32 Å². The van der Waals surface area contributed by atoms with E-state index in [9.17, 15) is 9.18 Å². The highest BCUT2D eigenvalue weighted by molar-refractivity contribution is 5.64. The molecule has 0 spiro atoms. The minimum atomic E-state index is -0.450. The zero-order valence-corrected chi connectivity index (χ0v) is 10.1. The number of benzene rings is 1. The number of aromatic nitrogens is 1. The van der Waals surface area contributed by atoms with Gasteiger partial charge in [-0.3, -0.25) is 9.78 Å². The second-order valence-electron chi connectivity index (χ2n) is 4.00. The van der Waals surface area contributed by atoms with Crippen molar-refractivity contribution in [2.75, 3.05) is 6.61 Å². The fourth-order valence-corrected chi connectivity index (χ4v) is 1.84. The van der Waals surface area contributed by atoms with Gasteiger partial charge in [0.2, 0.25) is 6.41 Å². The number of aliphatic hydroxyl groups is 1. The average Bonchev–Trinajstić information content (AvgIpc) is 2.46. The molecule has 2 rings (SSSR count). The third kappa shape index (κ3) is 2.95. The molecule has 1 aromatic heterocycles. The summed E-state index contributed by atoms with van der Waals surface area (Å²) >= 11 is 0. The second-order valence-corrected chi connectivity index (χ2v) is 4.00. The van der Waals surface area contributed by atoms with Crippen molar-refractivity contribution < 1.29 is 14.3 Å². The van der Waals surface area contributed by atoms with E-state index in [4.69, 9.17) is 5.11 Å². The first-order chi connectivity index (χ1) is 9.26. The van der Waals surface area contributed by atoms with Crippen molar-refractivity contribution in [1.82, 2.24) is 10.3 Å². The van der Waals surface area contributed by atoms with E-state index in [2.05, 4.69) is 10.3 Å². The van der Waals surface area contributed by atoms with Crippen LogP contribution in [-0.2, 0) is 4.79 Å². The van der Waals surface area contributed by atoms with Crippen molar-refractivity contribution in [3.63, 3.8) is 0 Å². The van der Waals surface area contributed by atoms with Crippen molar-refractivity contribution >= 4 is 6.41 Å². The lowest BCUT2D eigenvalue weighted by Crippen LogP contribution is -2.22. The van der Waals surface area contributed by atoms with E-state index >= 15 is 0 Å². The zero-order valence-electron chi connectivity index (χ0n) is 10.1. The van der Waals surface area contributed by atoms with Gasteiger partial charge in [-0.2, -0.15) is 0 Å². The first kappa shape index (κ1) is 13.2. The van der Waals surface area contributed by atoms with Gasteiger partial charge in [-0.1, -0.05) is 24.3 Å². The van der Waals surface area contributed by atoms with Crippen LogP contribution in [-0.4, -0.2) is 23.1 Å². The van der Waals surface area contributed by atoms with Crippen LogP contribution in [0.25, 0.3) is 11.1 Å². The Morgan fingerprint density at radius 1 is 1.32 bits per heavy atom. The molecule has 0 saturated heterocycles. The highest BCUT2D eigenvalue weighted by Crippen LogP contribution is 2.23. The van der Waals surface area contributed by atoms with Crippen LogP contribution in [0.1, 0.15) is 11.6 Å². The Morgan fingerprint density at radius 3 is 2.63 bits per heavy atom. The monoisotopic (exact) mass is 260 g/mol.